The molecule has 2 aromatic rings. The molecule has 1 heterocycles. The number of rotatable bonds is 6. The number of fused-ring (bicyclic) bond motifs is 1. The number of aromatic nitrogens is 2. The lowest BCUT2D eigenvalue weighted by Gasteiger charge is -2.12. The van der Waals surface area contributed by atoms with Crippen LogP contribution in [0.3, 0.4) is 0 Å². The monoisotopic (exact) mass is 246 g/mol. The van der Waals surface area contributed by atoms with E-state index in [4.69, 9.17) is 0 Å². The van der Waals surface area contributed by atoms with Gasteiger partial charge in [-0.05, 0) is 25.0 Å². The van der Waals surface area contributed by atoms with Gasteiger partial charge in [0, 0.05) is 6.54 Å². The topological polar surface area (TPSA) is 38.0 Å². The molecule has 2 rings (SSSR count). The Morgan fingerprint density at radius 2 is 2.00 bits per heavy atom. The summed E-state index contributed by atoms with van der Waals surface area (Å²) in [5, 5.41) is 10.2. The van der Waals surface area contributed by atoms with Crippen molar-refractivity contribution in [3.8, 4) is 0 Å². The molecule has 0 unspecified atom stereocenters. The molecular weight excluding hydrogens is 224 g/mol. The Balaban J connectivity index is 2.42. The predicted octanol–water partition coefficient (Wildman–Crippen LogP) is 3.67. The highest BCUT2D eigenvalue weighted by molar-refractivity contribution is 5.75. The van der Waals surface area contributed by atoms with Crippen molar-refractivity contribution >= 4 is 11.0 Å². The van der Waals surface area contributed by atoms with Gasteiger partial charge in [-0.1, -0.05) is 38.8 Å². The zero-order valence-corrected chi connectivity index (χ0v) is 11.3. The van der Waals surface area contributed by atoms with E-state index in [1.165, 1.54) is 0 Å². The van der Waals surface area contributed by atoms with Gasteiger partial charge in [0.05, 0.1) is 11.0 Å². The standard InChI is InChI=1S/C15H22N2O/c1-3-5-11-17-13-10-7-6-9-12(13)16-15(17)14(18)8-4-2/h6-7,9-10,14,18H,3-5,8,11H2,1-2H3/t14-/m1/s1. The fraction of sp³-hybridized carbons (Fsp3) is 0.533. The van der Waals surface area contributed by atoms with Crippen LogP contribution in [0.4, 0.5) is 0 Å². The molecule has 3 nitrogen and oxygen atoms in total. The molecular formula is C15H22N2O. The summed E-state index contributed by atoms with van der Waals surface area (Å²) in [5.74, 6) is 0.825. The maximum Gasteiger partial charge on any atom is 0.138 e. The van der Waals surface area contributed by atoms with Crippen molar-refractivity contribution in [2.24, 2.45) is 0 Å². The fourth-order valence-corrected chi connectivity index (χ4v) is 2.30. The summed E-state index contributed by atoms with van der Waals surface area (Å²) in [6, 6.07) is 8.12. The molecule has 0 bridgehead atoms. The largest absolute Gasteiger partial charge is 0.385 e. The molecule has 98 valence electrons. The van der Waals surface area contributed by atoms with E-state index in [9.17, 15) is 5.11 Å². The second-order valence-corrected chi connectivity index (χ2v) is 4.77. The first kappa shape index (κ1) is 13.1. The molecule has 0 aliphatic carbocycles. The van der Waals surface area contributed by atoms with Crippen molar-refractivity contribution in [2.75, 3.05) is 0 Å². The third-order valence-corrected chi connectivity index (χ3v) is 3.28. The summed E-state index contributed by atoms with van der Waals surface area (Å²) in [6.45, 7) is 5.21. The summed E-state index contributed by atoms with van der Waals surface area (Å²) in [6.07, 6.45) is 3.56. The van der Waals surface area contributed by atoms with Crippen LogP contribution in [0.15, 0.2) is 24.3 Å². The van der Waals surface area contributed by atoms with E-state index in [0.717, 1.165) is 49.1 Å². The van der Waals surface area contributed by atoms with Crippen molar-refractivity contribution in [3.63, 3.8) is 0 Å². The maximum absolute atomic E-state index is 10.2. The molecule has 0 aliphatic rings. The van der Waals surface area contributed by atoms with Crippen molar-refractivity contribution in [1.82, 2.24) is 9.55 Å². The van der Waals surface area contributed by atoms with E-state index >= 15 is 0 Å². The van der Waals surface area contributed by atoms with Gasteiger partial charge in [-0.3, -0.25) is 0 Å². The first-order valence-corrected chi connectivity index (χ1v) is 6.91. The summed E-state index contributed by atoms with van der Waals surface area (Å²) >= 11 is 0. The van der Waals surface area contributed by atoms with Gasteiger partial charge in [-0.2, -0.15) is 0 Å². The molecule has 1 N–H and O–H groups in total. The Labute approximate surface area is 108 Å². The zero-order valence-electron chi connectivity index (χ0n) is 11.3. The molecule has 1 aromatic carbocycles. The number of aliphatic hydroxyl groups excluding tert-OH is 1. The average Bonchev–Trinajstić information content (AvgIpc) is 2.75. The summed E-state index contributed by atoms with van der Waals surface area (Å²) in [5.41, 5.74) is 2.12. The molecule has 0 amide bonds. The second-order valence-electron chi connectivity index (χ2n) is 4.77. The van der Waals surface area contributed by atoms with Crippen LogP contribution in [0.25, 0.3) is 11.0 Å². The van der Waals surface area contributed by atoms with E-state index in [-0.39, 0.29) is 0 Å². The Morgan fingerprint density at radius 1 is 1.22 bits per heavy atom. The van der Waals surface area contributed by atoms with Crippen molar-refractivity contribution in [2.45, 2.75) is 52.2 Å². The lowest BCUT2D eigenvalue weighted by Crippen LogP contribution is -2.09. The Bertz CT molecular complexity index is 504. The van der Waals surface area contributed by atoms with E-state index in [2.05, 4.69) is 29.5 Å². The zero-order chi connectivity index (χ0) is 13.0. The molecule has 0 spiro atoms. The van der Waals surface area contributed by atoms with E-state index in [1.807, 2.05) is 18.2 Å². The SMILES string of the molecule is CCCCn1c([C@H](O)CCC)nc2ccccc21. The molecule has 0 saturated carbocycles. The minimum Gasteiger partial charge on any atom is -0.385 e. The number of para-hydroxylation sites is 2. The Hall–Kier alpha value is -1.35. The summed E-state index contributed by atoms with van der Waals surface area (Å²) in [7, 11) is 0. The minimum atomic E-state index is -0.445. The van der Waals surface area contributed by atoms with Gasteiger partial charge in [0.25, 0.3) is 0 Å². The molecule has 0 aliphatic heterocycles. The van der Waals surface area contributed by atoms with Gasteiger partial charge in [-0.15, -0.1) is 0 Å². The molecule has 0 saturated heterocycles. The highest BCUT2D eigenvalue weighted by atomic mass is 16.3. The van der Waals surface area contributed by atoms with Crippen LogP contribution in [-0.2, 0) is 6.54 Å². The average molecular weight is 246 g/mol. The van der Waals surface area contributed by atoms with Crippen LogP contribution in [0.5, 0.6) is 0 Å². The normalized spacial score (nSPS) is 13.1. The van der Waals surface area contributed by atoms with Crippen LogP contribution >= 0.6 is 0 Å². The smallest absolute Gasteiger partial charge is 0.138 e. The molecule has 18 heavy (non-hydrogen) atoms. The summed E-state index contributed by atoms with van der Waals surface area (Å²) < 4.78 is 2.18. The Kier molecular flexibility index (Phi) is 4.37. The van der Waals surface area contributed by atoms with Gasteiger partial charge in [0.1, 0.15) is 11.9 Å². The third-order valence-electron chi connectivity index (χ3n) is 3.28. The number of nitrogens with zero attached hydrogens (tertiary/aromatic N) is 2. The summed E-state index contributed by atoms with van der Waals surface area (Å²) in [4.78, 5) is 4.60. The van der Waals surface area contributed by atoms with Gasteiger partial charge < -0.3 is 9.67 Å². The molecule has 3 heteroatoms. The van der Waals surface area contributed by atoms with E-state index in [0.29, 0.717) is 0 Å². The number of benzene rings is 1. The lowest BCUT2D eigenvalue weighted by molar-refractivity contribution is 0.152. The highest BCUT2D eigenvalue weighted by Gasteiger charge is 2.16. The Morgan fingerprint density at radius 3 is 2.72 bits per heavy atom. The minimum absolute atomic E-state index is 0.445. The maximum atomic E-state index is 10.2. The number of hydrogen-bond donors (Lipinski definition) is 1. The van der Waals surface area contributed by atoms with E-state index in [1.54, 1.807) is 0 Å². The number of unbranched alkanes of at least 4 members (excludes halogenated alkanes) is 1. The number of aliphatic hydroxyl groups is 1. The quantitative estimate of drug-likeness (QED) is 0.844. The fourth-order valence-electron chi connectivity index (χ4n) is 2.30. The van der Waals surface area contributed by atoms with Crippen LogP contribution in [-0.4, -0.2) is 14.7 Å². The molecule has 0 radical (unpaired) electrons. The first-order chi connectivity index (χ1) is 8.77. The van der Waals surface area contributed by atoms with Gasteiger partial charge in [0.2, 0.25) is 0 Å². The van der Waals surface area contributed by atoms with Gasteiger partial charge >= 0.3 is 0 Å². The second kappa shape index (κ2) is 6.01. The number of imidazole rings is 1. The van der Waals surface area contributed by atoms with Crippen molar-refractivity contribution in [3.05, 3.63) is 30.1 Å². The van der Waals surface area contributed by atoms with Gasteiger partial charge in [-0.25, -0.2) is 4.98 Å². The molecule has 1 aromatic heterocycles. The number of aryl methyl sites for hydroxylation is 1. The van der Waals surface area contributed by atoms with Crippen LogP contribution in [0, 0.1) is 0 Å². The molecule has 0 fully saturated rings. The first-order valence-electron chi connectivity index (χ1n) is 6.91. The lowest BCUT2D eigenvalue weighted by atomic mass is 10.2. The van der Waals surface area contributed by atoms with Crippen molar-refractivity contribution in [1.29, 1.82) is 0 Å². The van der Waals surface area contributed by atoms with Crippen LogP contribution in [0.1, 0.15) is 51.5 Å². The number of hydrogen-bond acceptors (Lipinski definition) is 2. The van der Waals surface area contributed by atoms with Crippen LogP contribution < -0.4 is 0 Å². The molecule has 1 atom stereocenters. The third kappa shape index (κ3) is 2.56. The van der Waals surface area contributed by atoms with Crippen LogP contribution in [0.2, 0.25) is 0 Å². The predicted molar refractivity (Wildman–Crippen MR) is 74.5 cm³/mol. The van der Waals surface area contributed by atoms with Crippen molar-refractivity contribution < 1.29 is 5.11 Å². The van der Waals surface area contributed by atoms with Gasteiger partial charge in [0.15, 0.2) is 0 Å². The highest BCUT2D eigenvalue weighted by Crippen LogP contribution is 2.24. The van der Waals surface area contributed by atoms with E-state index < -0.39 is 6.10 Å².